The van der Waals surface area contributed by atoms with Gasteiger partial charge >= 0.3 is 0 Å². The number of hydrogen-bond acceptors (Lipinski definition) is 3. The molecule has 0 spiro atoms. The lowest BCUT2D eigenvalue weighted by Gasteiger charge is -2.19. The summed E-state index contributed by atoms with van der Waals surface area (Å²) in [5.74, 6) is 0.866. The summed E-state index contributed by atoms with van der Waals surface area (Å²) in [6, 6.07) is 6.03. The van der Waals surface area contributed by atoms with Gasteiger partial charge in [-0.3, -0.25) is 9.69 Å². The zero-order chi connectivity index (χ0) is 14.4. The molecule has 0 aliphatic rings. The second kappa shape index (κ2) is 7.50. The quantitative estimate of drug-likeness (QED) is 0.871. The minimum Gasteiger partial charge on any atom is -0.496 e. The van der Waals surface area contributed by atoms with Crippen LogP contribution in [0.15, 0.2) is 22.7 Å². The van der Waals surface area contributed by atoms with Crippen molar-refractivity contribution in [1.82, 2.24) is 10.2 Å². The summed E-state index contributed by atoms with van der Waals surface area (Å²) < 4.78 is 6.33. The summed E-state index contributed by atoms with van der Waals surface area (Å²) in [5.41, 5.74) is 1.05. The monoisotopic (exact) mass is 328 g/mol. The number of carbonyl (C=O) groups is 1. The van der Waals surface area contributed by atoms with E-state index in [1.54, 1.807) is 7.11 Å². The molecule has 0 aliphatic heterocycles. The largest absolute Gasteiger partial charge is 0.496 e. The Balaban J connectivity index is 2.63. The van der Waals surface area contributed by atoms with Gasteiger partial charge in [0.05, 0.1) is 13.7 Å². The molecule has 4 nitrogen and oxygen atoms in total. The molecular formula is C14H21BrN2O2. The fourth-order valence-corrected chi connectivity index (χ4v) is 2.24. The van der Waals surface area contributed by atoms with Gasteiger partial charge < -0.3 is 10.1 Å². The molecule has 5 heteroatoms. The third-order valence-electron chi connectivity index (χ3n) is 2.55. The van der Waals surface area contributed by atoms with Crippen LogP contribution in [0.25, 0.3) is 0 Å². The Labute approximate surface area is 123 Å². The van der Waals surface area contributed by atoms with E-state index in [0.717, 1.165) is 15.8 Å². The Morgan fingerprint density at radius 2 is 2.16 bits per heavy atom. The maximum Gasteiger partial charge on any atom is 0.234 e. The minimum absolute atomic E-state index is 0.0338. The lowest BCUT2D eigenvalue weighted by Crippen LogP contribution is -2.38. The van der Waals surface area contributed by atoms with Gasteiger partial charge in [0.1, 0.15) is 5.75 Å². The fraction of sp³-hybridized carbons (Fsp3) is 0.500. The van der Waals surface area contributed by atoms with Crippen LogP contribution in [-0.2, 0) is 11.3 Å². The van der Waals surface area contributed by atoms with Gasteiger partial charge in [-0.2, -0.15) is 0 Å². The molecule has 1 aromatic rings. The van der Waals surface area contributed by atoms with Crippen molar-refractivity contribution in [1.29, 1.82) is 0 Å². The smallest absolute Gasteiger partial charge is 0.234 e. The van der Waals surface area contributed by atoms with Gasteiger partial charge in [0.25, 0.3) is 0 Å². The van der Waals surface area contributed by atoms with Crippen molar-refractivity contribution in [2.24, 2.45) is 0 Å². The molecule has 1 rings (SSSR count). The first kappa shape index (κ1) is 16.0. The first-order valence-corrected chi connectivity index (χ1v) is 7.02. The molecule has 1 N–H and O–H groups in total. The topological polar surface area (TPSA) is 41.6 Å². The maximum atomic E-state index is 11.7. The third-order valence-corrected chi connectivity index (χ3v) is 3.04. The number of likely N-dealkylation sites (N-methyl/N-ethyl adjacent to an activating group) is 1. The maximum absolute atomic E-state index is 11.7. The van der Waals surface area contributed by atoms with Crippen molar-refractivity contribution in [2.45, 2.75) is 26.4 Å². The Hall–Kier alpha value is -1.07. The molecule has 1 amide bonds. The molecule has 106 valence electrons. The SMILES string of the molecule is COc1ccc(Br)cc1CN(C)CC(=O)NC(C)C. The van der Waals surface area contributed by atoms with Gasteiger partial charge in [-0.25, -0.2) is 0 Å². The highest BCUT2D eigenvalue weighted by molar-refractivity contribution is 9.10. The summed E-state index contributed by atoms with van der Waals surface area (Å²) in [6.45, 7) is 4.94. The van der Waals surface area contributed by atoms with E-state index in [9.17, 15) is 4.79 Å². The van der Waals surface area contributed by atoms with Crippen LogP contribution in [0.5, 0.6) is 5.75 Å². The number of methoxy groups -OCH3 is 1. The Kier molecular flexibility index (Phi) is 6.31. The van der Waals surface area contributed by atoms with Gasteiger partial charge in [0.2, 0.25) is 5.91 Å². The van der Waals surface area contributed by atoms with Crippen LogP contribution >= 0.6 is 15.9 Å². The van der Waals surface area contributed by atoms with Crippen molar-refractivity contribution in [3.8, 4) is 5.75 Å². The Morgan fingerprint density at radius 3 is 2.74 bits per heavy atom. The molecule has 0 radical (unpaired) electrons. The second-order valence-corrected chi connectivity index (χ2v) is 5.77. The molecule has 0 saturated heterocycles. The molecular weight excluding hydrogens is 308 g/mol. The van der Waals surface area contributed by atoms with Crippen LogP contribution in [0, 0.1) is 0 Å². The fourth-order valence-electron chi connectivity index (χ4n) is 1.83. The van der Waals surface area contributed by atoms with E-state index in [2.05, 4.69) is 21.2 Å². The molecule has 1 aromatic carbocycles. The number of rotatable bonds is 6. The van der Waals surface area contributed by atoms with E-state index < -0.39 is 0 Å². The number of carbonyl (C=O) groups excluding carboxylic acids is 1. The van der Waals surface area contributed by atoms with Crippen molar-refractivity contribution < 1.29 is 9.53 Å². The number of amides is 1. The summed E-state index contributed by atoms with van der Waals surface area (Å²) in [6.07, 6.45) is 0. The molecule has 0 saturated carbocycles. The molecule has 0 unspecified atom stereocenters. The molecule has 0 fully saturated rings. The highest BCUT2D eigenvalue weighted by atomic mass is 79.9. The normalized spacial score (nSPS) is 10.9. The summed E-state index contributed by atoms with van der Waals surface area (Å²) in [5, 5.41) is 2.88. The molecule has 19 heavy (non-hydrogen) atoms. The number of benzene rings is 1. The van der Waals surface area contributed by atoms with Crippen LogP contribution in [0.4, 0.5) is 0 Å². The number of halogens is 1. The molecule has 0 bridgehead atoms. The molecule has 0 heterocycles. The van der Waals surface area contributed by atoms with Crippen molar-refractivity contribution in [2.75, 3.05) is 20.7 Å². The van der Waals surface area contributed by atoms with Crippen molar-refractivity contribution in [3.05, 3.63) is 28.2 Å². The van der Waals surface area contributed by atoms with E-state index in [0.29, 0.717) is 13.1 Å². The second-order valence-electron chi connectivity index (χ2n) is 4.85. The number of nitrogens with one attached hydrogen (secondary N) is 1. The van der Waals surface area contributed by atoms with Gasteiger partial charge in [-0.15, -0.1) is 0 Å². The number of nitrogens with zero attached hydrogens (tertiary/aromatic N) is 1. The van der Waals surface area contributed by atoms with E-state index in [-0.39, 0.29) is 11.9 Å². The van der Waals surface area contributed by atoms with Crippen molar-refractivity contribution in [3.63, 3.8) is 0 Å². The average Bonchev–Trinajstić information content (AvgIpc) is 2.27. The van der Waals surface area contributed by atoms with Gasteiger partial charge in [-0.1, -0.05) is 15.9 Å². The number of hydrogen-bond donors (Lipinski definition) is 1. The van der Waals surface area contributed by atoms with Crippen LogP contribution in [-0.4, -0.2) is 37.6 Å². The highest BCUT2D eigenvalue weighted by Crippen LogP contribution is 2.23. The summed E-state index contributed by atoms with van der Waals surface area (Å²) in [4.78, 5) is 13.6. The zero-order valence-corrected chi connectivity index (χ0v) is 13.5. The Morgan fingerprint density at radius 1 is 1.47 bits per heavy atom. The Bertz CT molecular complexity index is 435. The average molecular weight is 329 g/mol. The first-order valence-electron chi connectivity index (χ1n) is 6.22. The molecule has 0 aliphatic carbocycles. The van der Waals surface area contributed by atoms with E-state index in [1.165, 1.54) is 0 Å². The van der Waals surface area contributed by atoms with E-state index in [1.807, 2.05) is 44.0 Å². The lowest BCUT2D eigenvalue weighted by atomic mass is 10.2. The zero-order valence-electron chi connectivity index (χ0n) is 11.9. The lowest BCUT2D eigenvalue weighted by molar-refractivity contribution is -0.122. The summed E-state index contributed by atoms with van der Waals surface area (Å²) in [7, 11) is 3.57. The van der Waals surface area contributed by atoms with Gasteiger partial charge in [0, 0.05) is 22.6 Å². The molecule has 0 atom stereocenters. The van der Waals surface area contributed by atoms with Crippen LogP contribution in [0.3, 0.4) is 0 Å². The summed E-state index contributed by atoms with van der Waals surface area (Å²) >= 11 is 3.45. The van der Waals surface area contributed by atoms with E-state index in [4.69, 9.17) is 4.74 Å². The van der Waals surface area contributed by atoms with E-state index >= 15 is 0 Å². The van der Waals surface area contributed by atoms with Gasteiger partial charge in [-0.05, 0) is 39.1 Å². The first-order chi connectivity index (χ1) is 8.92. The minimum atomic E-state index is 0.0338. The van der Waals surface area contributed by atoms with Crippen LogP contribution < -0.4 is 10.1 Å². The molecule has 0 aromatic heterocycles. The predicted octanol–water partition coefficient (Wildman–Crippen LogP) is 2.41. The highest BCUT2D eigenvalue weighted by Gasteiger charge is 2.11. The predicted molar refractivity (Wildman–Crippen MR) is 80.3 cm³/mol. The standard InChI is InChI=1S/C14H21BrN2O2/c1-10(2)16-14(18)9-17(3)8-11-7-12(15)5-6-13(11)19-4/h5-7,10H,8-9H2,1-4H3,(H,16,18). The van der Waals surface area contributed by atoms with Crippen molar-refractivity contribution >= 4 is 21.8 Å². The number of ether oxygens (including phenoxy) is 1. The third kappa shape index (κ3) is 5.61. The van der Waals surface area contributed by atoms with Gasteiger partial charge in [0.15, 0.2) is 0 Å². The van der Waals surface area contributed by atoms with Crippen LogP contribution in [0.2, 0.25) is 0 Å². The van der Waals surface area contributed by atoms with Crippen LogP contribution in [0.1, 0.15) is 19.4 Å².